The van der Waals surface area contributed by atoms with Crippen LogP contribution in [0.25, 0.3) is 0 Å². The molecule has 21 heavy (non-hydrogen) atoms. The Bertz CT molecular complexity index is 467. The molecule has 1 unspecified atom stereocenters. The number of hydrogen-bond acceptors (Lipinski definition) is 3. The molecule has 0 bridgehead atoms. The third kappa shape index (κ3) is 3.22. The van der Waals surface area contributed by atoms with Crippen molar-refractivity contribution >= 4 is 11.9 Å². The van der Waals surface area contributed by atoms with Crippen molar-refractivity contribution in [1.82, 2.24) is 14.9 Å². The van der Waals surface area contributed by atoms with Crippen LogP contribution in [-0.4, -0.2) is 28.0 Å². The number of nitrogens with zero attached hydrogens (tertiary/aromatic N) is 2. The first-order chi connectivity index (χ1) is 10.3. The monoisotopic (exact) mass is 290 g/mol. The fraction of sp³-hybridized carbons (Fsp3) is 0.750. The molecule has 116 valence electrons. The lowest BCUT2D eigenvalue weighted by Gasteiger charge is -2.30. The predicted octanol–water partition coefficient (Wildman–Crippen LogP) is 2.79. The number of amides is 1. The van der Waals surface area contributed by atoms with Gasteiger partial charge in [-0.1, -0.05) is 26.2 Å². The van der Waals surface area contributed by atoms with Crippen molar-refractivity contribution in [3.05, 3.63) is 11.9 Å². The van der Waals surface area contributed by atoms with Crippen LogP contribution >= 0.6 is 0 Å². The fourth-order valence-electron chi connectivity index (χ4n) is 3.62. The summed E-state index contributed by atoms with van der Waals surface area (Å²) in [6.07, 6.45) is 10.4. The van der Waals surface area contributed by atoms with Crippen LogP contribution in [0.3, 0.4) is 0 Å². The van der Waals surface area contributed by atoms with Crippen molar-refractivity contribution in [3.63, 3.8) is 0 Å². The number of hydrogen-bond donors (Lipinski definition) is 2. The maximum atomic E-state index is 12.5. The van der Waals surface area contributed by atoms with Crippen molar-refractivity contribution in [2.24, 2.45) is 5.92 Å². The molecule has 5 heteroatoms. The molecule has 1 fully saturated rings. The highest BCUT2D eigenvalue weighted by Gasteiger charge is 2.25. The number of rotatable bonds is 4. The summed E-state index contributed by atoms with van der Waals surface area (Å²) in [5.74, 6) is 1.45. The van der Waals surface area contributed by atoms with Gasteiger partial charge in [0.2, 0.25) is 5.95 Å². The average molecular weight is 290 g/mol. The first kappa shape index (κ1) is 14.4. The van der Waals surface area contributed by atoms with Gasteiger partial charge in [0.25, 0.3) is 5.91 Å². The molecule has 1 aliphatic carbocycles. The molecule has 2 aliphatic rings. The number of aryl methyl sites for hydroxylation is 1. The van der Waals surface area contributed by atoms with Crippen LogP contribution in [0.15, 0.2) is 6.20 Å². The molecule has 3 rings (SSSR count). The molecule has 0 aromatic carbocycles. The molecule has 0 radical (unpaired) electrons. The molecule has 0 spiro atoms. The smallest absolute Gasteiger partial charge is 0.271 e. The van der Waals surface area contributed by atoms with E-state index in [4.69, 9.17) is 0 Å². The quantitative estimate of drug-likeness (QED) is 0.896. The van der Waals surface area contributed by atoms with Gasteiger partial charge in [0.1, 0.15) is 5.69 Å². The molecule has 1 saturated carbocycles. The number of nitrogens with one attached hydrogen (secondary N) is 2. The highest BCUT2D eigenvalue weighted by atomic mass is 16.2. The first-order valence-corrected chi connectivity index (χ1v) is 8.40. The zero-order valence-corrected chi connectivity index (χ0v) is 12.9. The molecule has 1 aromatic rings. The van der Waals surface area contributed by atoms with Gasteiger partial charge in [0, 0.05) is 25.3 Å². The largest absolute Gasteiger partial charge is 0.356 e. The van der Waals surface area contributed by atoms with Gasteiger partial charge in [0.15, 0.2) is 0 Å². The van der Waals surface area contributed by atoms with E-state index >= 15 is 0 Å². The number of carbonyl (C=O) groups is 1. The van der Waals surface area contributed by atoms with Gasteiger partial charge >= 0.3 is 0 Å². The van der Waals surface area contributed by atoms with Gasteiger partial charge in [-0.3, -0.25) is 4.79 Å². The average Bonchev–Trinajstić information content (AvgIpc) is 2.97. The SMILES string of the molecule is CCC(NC(=O)c1cn2c(n1)NCCC2)C1CCCCC1. The second-order valence-corrected chi connectivity index (χ2v) is 6.31. The molecule has 5 nitrogen and oxygen atoms in total. The molecular formula is C16H26N4O. The van der Waals surface area contributed by atoms with Crippen LogP contribution in [0.2, 0.25) is 0 Å². The fourth-order valence-corrected chi connectivity index (χ4v) is 3.62. The van der Waals surface area contributed by atoms with Gasteiger partial charge in [0.05, 0.1) is 0 Å². The zero-order valence-electron chi connectivity index (χ0n) is 12.9. The molecule has 0 saturated heterocycles. The molecule has 1 aromatic heterocycles. The Balaban J connectivity index is 1.65. The lowest BCUT2D eigenvalue weighted by molar-refractivity contribution is 0.0906. The van der Waals surface area contributed by atoms with E-state index in [0.717, 1.165) is 31.9 Å². The third-order valence-corrected chi connectivity index (χ3v) is 4.84. The topological polar surface area (TPSA) is 59.0 Å². The Hall–Kier alpha value is -1.52. The summed E-state index contributed by atoms with van der Waals surface area (Å²) < 4.78 is 2.04. The lowest BCUT2D eigenvalue weighted by atomic mass is 9.83. The Morgan fingerprint density at radius 3 is 2.95 bits per heavy atom. The summed E-state index contributed by atoms with van der Waals surface area (Å²) >= 11 is 0. The van der Waals surface area contributed by atoms with E-state index in [1.54, 1.807) is 0 Å². The van der Waals surface area contributed by atoms with E-state index in [0.29, 0.717) is 17.7 Å². The van der Waals surface area contributed by atoms with Crippen LogP contribution < -0.4 is 10.6 Å². The van der Waals surface area contributed by atoms with Crippen molar-refractivity contribution in [2.75, 3.05) is 11.9 Å². The minimum absolute atomic E-state index is 0.0175. The van der Waals surface area contributed by atoms with Gasteiger partial charge in [-0.15, -0.1) is 0 Å². The minimum Gasteiger partial charge on any atom is -0.356 e. The van der Waals surface area contributed by atoms with E-state index in [-0.39, 0.29) is 5.91 Å². The maximum Gasteiger partial charge on any atom is 0.271 e. The van der Waals surface area contributed by atoms with Crippen molar-refractivity contribution in [2.45, 2.75) is 64.5 Å². The molecule has 1 aliphatic heterocycles. The standard InChI is InChI=1S/C16H26N4O/c1-2-13(12-7-4-3-5-8-12)18-15(21)14-11-20-10-6-9-17-16(20)19-14/h11-13H,2-10H2,1H3,(H,17,19)(H,18,21). The number of aromatic nitrogens is 2. The Morgan fingerprint density at radius 2 is 2.24 bits per heavy atom. The first-order valence-electron chi connectivity index (χ1n) is 8.40. The second-order valence-electron chi connectivity index (χ2n) is 6.31. The summed E-state index contributed by atoms with van der Waals surface area (Å²) in [5.41, 5.74) is 0.550. The Kier molecular flexibility index (Phi) is 4.46. The van der Waals surface area contributed by atoms with Gasteiger partial charge in [-0.2, -0.15) is 0 Å². The summed E-state index contributed by atoms with van der Waals surface area (Å²) in [7, 11) is 0. The van der Waals surface area contributed by atoms with Crippen LogP contribution in [0.5, 0.6) is 0 Å². The number of anilines is 1. The molecule has 2 heterocycles. The summed E-state index contributed by atoms with van der Waals surface area (Å²) in [6.45, 7) is 4.06. The van der Waals surface area contributed by atoms with E-state index in [1.807, 2.05) is 10.8 Å². The Morgan fingerprint density at radius 1 is 1.43 bits per heavy atom. The van der Waals surface area contributed by atoms with E-state index in [1.165, 1.54) is 32.1 Å². The summed E-state index contributed by atoms with van der Waals surface area (Å²) in [4.78, 5) is 16.9. The minimum atomic E-state index is -0.0175. The van der Waals surface area contributed by atoms with Crippen molar-refractivity contribution in [1.29, 1.82) is 0 Å². The summed E-state index contributed by atoms with van der Waals surface area (Å²) in [5, 5.41) is 6.46. The van der Waals surface area contributed by atoms with Crippen LogP contribution in [-0.2, 0) is 6.54 Å². The Labute approximate surface area is 126 Å². The van der Waals surface area contributed by atoms with Crippen LogP contribution in [0.4, 0.5) is 5.95 Å². The molecular weight excluding hydrogens is 264 g/mol. The second kappa shape index (κ2) is 6.50. The van der Waals surface area contributed by atoms with E-state index in [9.17, 15) is 4.79 Å². The highest BCUT2D eigenvalue weighted by molar-refractivity contribution is 5.92. The predicted molar refractivity (Wildman–Crippen MR) is 83.5 cm³/mol. The van der Waals surface area contributed by atoms with E-state index in [2.05, 4.69) is 22.5 Å². The number of carbonyl (C=O) groups excluding carboxylic acids is 1. The number of imidazole rings is 1. The lowest BCUT2D eigenvalue weighted by Crippen LogP contribution is -2.40. The van der Waals surface area contributed by atoms with Crippen LogP contribution in [0, 0.1) is 5.92 Å². The van der Waals surface area contributed by atoms with Gasteiger partial charge < -0.3 is 15.2 Å². The van der Waals surface area contributed by atoms with Crippen molar-refractivity contribution < 1.29 is 4.79 Å². The maximum absolute atomic E-state index is 12.5. The third-order valence-electron chi connectivity index (χ3n) is 4.84. The van der Waals surface area contributed by atoms with Crippen LogP contribution in [0.1, 0.15) is 62.4 Å². The molecule has 2 N–H and O–H groups in total. The van der Waals surface area contributed by atoms with Gasteiger partial charge in [-0.25, -0.2) is 4.98 Å². The molecule has 1 atom stereocenters. The zero-order chi connectivity index (χ0) is 14.7. The normalized spacial score (nSPS) is 20.4. The number of fused-ring (bicyclic) bond motifs is 1. The van der Waals surface area contributed by atoms with Gasteiger partial charge in [-0.05, 0) is 31.6 Å². The van der Waals surface area contributed by atoms with E-state index < -0.39 is 0 Å². The summed E-state index contributed by atoms with van der Waals surface area (Å²) in [6, 6.07) is 0.296. The van der Waals surface area contributed by atoms with Crippen molar-refractivity contribution in [3.8, 4) is 0 Å². The molecule has 1 amide bonds. The highest BCUT2D eigenvalue weighted by Crippen LogP contribution is 2.28.